The first-order valence-corrected chi connectivity index (χ1v) is 6.89. The van der Waals surface area contributed by atoms with E-state index in [0.29, 0.717) is 17.6 Å². The Labute approximate surface area is 126 Å². The number of rotatable bonds is 3. The van der Waals surface area contributed by atoms with Gasteiger partial charge in [-0.05, 0) is 18.2 Å². The minimum absolute atomic E-state index is 0.343. The Morgan fingerprint density at radius 2 is 1.73 bits per heavy atom. The minimum Gasteiger partial charge on any atom is -0.401 e. The Morgan fingerprint density at radius 3 is 2.59 bits per heavy atom. The van der Waals surface area contributed by atoms with Gasteiger partial charge in [-0.1, -0.05) is 41.5 Å². The van der Waals surface area contributed by atoms with Crippen molar-refractivity contribution in [1.82, 2.24) is 20.0 Å². The number of hydrogen-bond acceptors (Lipinski definition) is 5. The smallest absolute Gasteiger partial charge is 0.320 e. The lowest BCUT2D eigenvalue weighted by molar-refractivity contribution is 0.583. The first-order chi connectivity index (χ1) is 10.8. The second kappa shape index (κ2) is 5.00. The van der Waals surface area contributed by atoms with E-state index in [1.165, 1.54) is 0 Å². The molecule has 0 atom stereocenters. The summed E-state index contributed by atoms with van der Waals surface area (Å²) in [6, 6.07) is 18.0. The van der Waals surface area contributed by atoms with E-state index >= 15 is 0 Å². The van der Waals surface area contributed by atoms with Crippen LogP contribution in [0.3, 0.4) is 0 Å². The van der Waals surface area contributed by atoms with Crippen LogP contribution in [0.15, 0.2) is 59.0 Å². The number of aryl methyl sites for hydroxylation is 1. The lowest BCUT2D eigenvalue weighted by Crippen LogP contribution is -1.89. The van der Waals surface area contributed by atoms with E-state index in [-0.39, 0.29) is 0 Å². The summed E-state index contributed by atoms with van der Waals surface area (Å²) < 4.78 is 7.49. The number of anilines is 2. The van der Waals surface area contributed by atoms with Crippen molar-refractivity contribution in [2.45, 2.75) is 0 Å². The summed E-state index contributed by atoms with van der Waals surface area (Å²) in [6.07, 6.45) is 0. The van der Waals surface area contributed by atoms with Gasteiger partial charge in [-0.15, -0.1) is 5.10 Å². The topological polar surface area (TPSA) is 68.8 Å². The summed E-state index contributed by atoms with van der Waals surface area (Å²) in [4.78, 5) is 0. The van der Waals surface area contributed by atoms with Gasteiger partial charge in [-0.2, -0.15) is 5.10 Å². The average Bonchev–Trinajstić information content (AvgIpc) is 3.14. The number of aromatic nitrogens is 4. The van der Waals surface area contributed by atoms with Gasteiger partial charge in [0.05, 0.1) is 5.52 Å². The zero-order valence-electron chi connectivity index (χ0n) is 11.9. The molecule has 2 aromatic carbocycles. The molecule has 4 aromatic rings. The van der Waals surface area contributed by atoms with E-state index in [1.54, 1.807) is 4.68 Å². The Kier molecular flexibility index (Phi) is 2.86. The minimum atomic E-state index is 0.343. The molecule has 108 valence electrons. The summed E-state index contributed by atoms with van der Waals surface area (Å²) in [6.45, 7) is 0. The van der Waals surface area contributed by atoms with E-state index in [2.05, 4.69) is 20.6 Å². The van der Waals surface area contributed by atoms with Crippen LogP contribution in [0.2, 0.25) is 0 Å². The van der Waals surface area contributed by atoms with Crippen LogP contribution in [-0.4, -0.2) is 20.0 Å². The zero-order chi connectivity index (χ0) is 14.9. The molecule has 0 unspecified atom stereocenters. The molecule has 0 spiro atoms. The highest BCUT2D eigenvalue weighted by atomic mass is 16.4. The van der Waals surface area contributed by atoms with Gasteiger partial charge in [-0.3, -0.25) is 4.68 Å². The molecule has 0 radical (unpaired) electrons. The van der Waals surface area contributed by atoms with Gasteiger partial charge in [0.1, 0.15) is 0 Å². The maximum atomic E-state index is 5.69. The fraction of sp³-hybridized carbons (Fsp3) is 0.0625. The van der Waals surface area contributed by atoms with Crippen LogP contribution in [0.1, 0.15) is 0 Å². The second-order valence-electron chi connectivity index (χ2n) is 4.89. The van der Waals surface area contributed by atoms with Crippen molar-refractivity contribution in [3.05, 3.63) is 54.6 Å². The molecular weight excluding hydrogens is 278 g/mol. The van der Waals surface area contributed by atoms with Crippen molar-refractivity contribution >= 4 is 22.6 Å². The highest BCUT2D eigenvalue weighted by molar-refractivity contribution is 5.91. The molecule has 0 aliphatic heterocycles. The number of nitrogens with one attached hydrogen (secondary N) is 1. The van der Waals surface area contributed by atoms with Crippen molar-refractivity contribution in [2.24, 2.45) is 7.05 Å². The molecule has 4 rings (SSSR count). The number of fused-ring (bicyclic) bond motifs is 1. The molecule has 6 heteroatoms. The molecule has 0 saturated carbocycles. The Hall–Kier alpha value is -3.15. The average molecular weight is 291 g/mol. The second-order valence-corrected chi connectivity index (χ2v) is 4.89. The van der Waals surface area contributed by atoms with Crippen LogP contribution in [-0.2, 0) is 7.05 Å². The number of hydrogen-bond donors (Lipinski definition) is 1. The summed E-state index contributed by atoms with van der Waals surface area (Å²) in [5.74, 6) is 0.398. The van der Waals surface area contributed by atoms with Gasteiger partial charge < -0.3 is 9.73 Å². The first kappa shape index (κ1) is 12.6. The number of benzene rings is 2. The van der Waals surface area contributed by atoms with E-state index < -0.39 is 0 Å². The molecule has 0 fully saturated rings. The SMILES string of the molecule is Cn1nc(-c2nnc(Nc3ccccc3)o2)c2ccccc21. The predicted molar refractivity (Wildman–Crippen MR) is 83.7 cm³/mol. The first-order valence-electron chi connectivity index (χ1n) is 6.89. The van der Waals surface area contributed by atoms with E-state index in [9.17, 15) is 0 Å². The normalized spacial score (nSPS) is 11.0. The van der Waals surface area contributed by atoms with Crippen LogP contribution in [0.4, 0.5) is 11.7 Å². The van der Waals surface area contributed by atoms with E-state index in [1.807, 2.05) is 61.6 Å². The fourth-order valence-corrected chi connectivity index (χ4v) is 2.39. The third kappa shape index (κ3) is 2.10. The molecular formula is C16H13N5O. The molecule has 22 heavy (non-hydrogen) atoms. The predicted octanol–water partition coefficient (Wildman–Crippen LogP) is 3.37. The molecule has 2 heterocycles. The van der Waals surface area contributed by atoms with Crippen molar-refractivity contribution in [1.29, 1.82) is 0 Å². The summed E-state index contributed by atoms with van der Waals surface area (Å²) >= 11 is 0. The van der Waals surface area contributed by atoms with Crippen molar-refractivity contribution in [3.63, 3.8) is 0 Å². The maximum Gasteiger partial charge on any atom is 0.320 e. The van der Waals surface area contributed by atoms with Gasteiger partial charge >= 0.3 is 6.01 Å². The molecule has 0 aliphatic rings. The van der Waals surface area contributed by atoms with Gasteiger partial charge in [-0.25, -0.2) is 0 Å². The van der Waals surface area contributed by atoms with Crippen LogP contribution in [0.25, 0.3) is 22.5 Å². The number of para-hydroxylation sites is 2. The summed E-state index contributed by atoms with van der Waals surface area (Å²) in [7, 11) is 1.89. The summed E-state index contributed by atoms with van der Waals surface area (Å²) in [5.41, 5.74) is 2.60. The standard InChI is InChI=1S/C16H13N5O/c1-21-13-10-6-5-9-12(13)14(20-21)15-18-19-16(22-15)17-11-7-3-2-4-8-11/h2-10H,1H3,(H,17,19). The van der Waals surface area contributed by atoms with Crippen LogP contribution in [0, 0.1) is 0 Å². The monoisotopic (exact) mass is 291 g/mol. The van der Waals surface area contributed by atoms with E-state index in [4.69, 9.17) is 4.42 Å². The van der Waals surface area contributed by atoms with E-state index in [0.717, 1.165) is 16.6 Å². The van der Waals surface area contributed by atoms with Crippen molar-refractivity contribution in [2.75, 3.05) is 5.32 Å². The summed E-state index contributed by atoms with van der Waals surface area (Å²) in [5, 5.41) is 16.7. The van der Waals surface area contributed by atoms with Gasteiger partial charge in [0, 0.05) is 18.1 Å². The lowest BCUT2D eigenvalue weighted by atomic mass is 10.2. The van der Waals surface area contributed by atoms with Gasteiger partial charge in [0.25, 0.3) is 5.89 Å². The number of nitrogens with zero attached hydrogens (tertiary/aromatic N) is 4. The Balaban J connectivity index is 1.71. The lowest BCUT2D eigenvalue weighted by Gasteiger charge is -1.98. The molecule has 0 bridgehead atoms. The Morgan fingerprint density at radius 1 is 0.955 bits per heavy atom. The molecule has 6 nitrogen and oxygen atoms in total. The third-order valence-corrected chi connectivity index (χ3v) is 3.41. The largest absolute Gasteiger partial charge is 0.401 e. The van der Waals surface area contributed by atoms with Gasteiger partial charge in [0.2, 0.25) is 0 Å². The molecule has 0 amide bonds. The maximum absolute atomic E-state index is 5.69. The zero-order valence-corrected chi connectivity index (χ0v) is 11.9. The molecule has 0 aliphatic carbocycles. The van der Waals surface area contributed by atoms with Crippen molar-refractivity contribution in [3.8, 4) is 11.6 Å². The van der Waals surface area contributed by atoms with Crippen LogP contribution >= 0.6 is 0 Å². The highest BCUT2D eigenvalue weighted by Gasteiger charge is 2.16. The highest BCUT2D eigenvalue weighted by Crippen LogP contribution is 2.27. The molecule has 1 N–H and O–H groups in total. The van der Waals surface area contributed by atoms with Crippen molar-refractivity contribution < 1.29 is 4.42 Å². The molecule has 0 saturated heterocycles. The molecule has 2 aromatic heterocycles. The van der Waals surface area contributed by atoms with Crippen LogP contribution in [0.5, 0.6) is 0 Å². The quantitative estimate of drug-likeness (QED) is 0.626. The fourth-order valence-electron chi connectivity index (χ4n) is 2.39. The third-order valence-electron chi connectivity index (χ3n) is 3.41. The van der Waals surface area contributed by atoms with Gasteiger partial charge in [0.15, 0.2) is 5.69 Å². The Bertz CT molecular complexity index is 926. The van der Waals surface area contributed by atoms with Crippen LogP contribution < -0.4 is 5.32 Å².